The number of thiazole rings is 1. The molecule has 0 bridgehead atoms. The smallest absolute Gasteiger partial charge is 0.195 e. The quantitative estimate of drug-likeness (QED) is 0.518. The number of aromatic nitrogens is 4. The molecular formula is C7H4N4S. The molecule has 0 N–H and O–H groups in total. The molecule has 1 aromatic rings. The summed E-state index contributed by atoms with van der Waals surface area (Å²) in [5.41, 5.74) is 0.978. The van der Waals surface area contributed by atoms with Gasteiger partial charge in [-0.15, -0.1) is 16.4 Å². The Morgan fingerprint density at radius 2 is 2.33 bits per heavy atom. The second-order valence-electron chi connectivity index (χ2n) is 2.44. The minimum absolute atomic E-state index is 0.876. The van der Waals surface area contributed by atoms with Crippen molar-refractivity contribution in [2.45, 2.75) is 0 Å². The third-order valence-electron chi connectivity index (χ3n) is 1.74. The van der Waals surface area contributed by atoms with Gasteiger partial charge in [0.05, 0.1) is 11.8 Å². The number of fused-ring (bicyclic) bond motifs is 3. The van der Waals surface area contributed by atoms with E-state index in [4.69, 9.17) is 0 Å². The van der Waals surface area contributed by atoms with Crippen LogP contribution in [0.5, 0.6) is 0 Å². The van der Waals surface area contributed by atoms with Gasteiger partial charge < -0.3 is 0 Å². The molecule has 4 nitrogen and oxygen atoms in total. The largest absolute Gasteiger partial charge is 0.274 e. The van der Waals surface area contributed by atoms with Crippen molar-refractivity contribution in [3.8, 4) is 11.4 Å². The molecule has 2 aliphatic heterocycles. The number of rotatable bonds is 0. The van der Waals surface area contributed by atoms with Crippen molar-refractivity contribution < 1.29 is 0 Å². The summed E-state index contributed by atoms with van der Waals surface area (Å²) in [7, 11) is 0. The zero-order valence-corrected chi connectivity index (χ0v) is 6.82. The van der Waals surface area contributed by atoms with Crippen molar-refractivity contribution in [1.29, 1.82) is 0 Å². The molecular weight excluding hydrogens is 172 g/mol. The van der Waals surface area contributed by atoms with Crippen molar-refractivity contribution in [2.75, 3.05) is 0 Å². The van der Waals surface area contributed by atoms with Crippen LogP contribution in [0.1, 0.15) is 0 Å². The SMILES string of the molecule is c1cn2c3nncc-3cnc2s1. The summed E-state index contributed by atoms with van der Waals surface area (Å²) in [6.45, 7) is 0. The molecule has 0 radical (unpaired) electrons. The van der Waals surface area contributed by atoms with Crippen LogP contribution in [0.4, 0.5) is 0 Å². The van der Waals surface area contributed by atoms with Gasteiger partial charge >= 0.3 is 0 Å². The third kappa shape index (κ3) is 0.634. The summed E-state index contributed by atoms with van der Waals surface area (Å²) in [4.78, 5) is 5.19. The fraction of sp³-hybridized carbons (Fsp3) is 0. The second-order valence-corrected chi connectivity index (χ2v) is 3.31. The molecule has 5 heteroatoms. The Hall–Kier alpha value is -1.49. The minimum atomic E-state index is 0.876. The van der Waals surface area contributed by atoms with Crippen LogP contribution in [-0.2, 0) is 0 Å². The summed E-state index contributed by atoms with van der Waals surface area (Å²) < 4.78 is 1.94. The summed E-state index contributed by atoms with van der Waals surface area (Å²) in [6, 6.07) is 0. The van der Waals surface area contributed by atoms with Crippen LogP contribution in [0.2, 0.25) is 0 Å². The lowest BCUT2D eigenvalue weighted by Gasteiger charge is -1.97. The summed E-state index contributed by atoms with van der Waals surface area (Å²) in [5, 5.41) is 9.81. The van der Waals surface area contributed by atoms with Crippen molar-refractivity contribution in [3.63, 3.8) is 0 Å². The summed E-state index contributed by atoms with van der Waals surface area (Å²) in [5.74, 6) is 0.876. The molecule has 0 spiro atoms. The first kappa shape index (κ1) is 6.07. The maximum Gasteiger partial charge on any atom is 0.195 e. The molecule has 0 fully saturated rings. The fourth-order valence-electron chi connectivity index (χ4n) is 1.19. The first-order chi connectivity index (χ1) is 5.95. The van der Waals surface area contributed by atoms with Gasteiger partial charge in [-0.1, -0.05) is 0 Å². The van der Waals surface area contributed by atoms with Gasteiger partial charge in [-0.2, -0.15) is 5.10 Å². The number of hydrogen-bond donors (Lipinski definition) is 0. The number of hydrogen-bond acceptors (Lipinski definition) is 4. The highest BCUT2D eigenvalue weighted by atomic mass is 32.1. The highest BCUT2D eigenvalue weighted by molar-refractivity contribution is 7.15. The van der Waals surface area contributed by atoms with Crippen LogP contribution in [0.25, 0.3) is 16.3 Å². The van der Waals surface area contributed by atoms with Gasteiger partial charge in [0.25, 0.3) is 0 Å². The predicted molar refractivity (Wildman–Crippen MR) is 45.3 cm³/mol. The molecule has 0 amide bonds. The molecule has 1 aromatic heterocycles. The van der Waals surface area contributed by atoms with E-state index in [2.05, 4.69) is 15.2 Å². The lowest BCUT2D eigenvalue weighted by Crippen LogP contribution is -1.92. The van der Waals surface area contributed by atoms with Crippen LogP contribution in [0.15, 0.2) is 24.0 Å². The van der Waals surface area contributed by atoms with E-state index in [0.29, 0.717) is 0 Å². The molecule has 0 saturated heterocycles. The van der Waals surface area contributed by atoms with E-state index in [1.807, 2.05) is 16.0 Å². The Balaban J connectivity index is 2.61. The predicted octanol–water partition coefficient (Wildman–Crippen LogP) is 1.29. The molecule has 0 aromatic carbocycles. The zero-order valence-electron chi connectivity index (χ0n) is 6.01. The minimum Gasteiger partial charge on any atom is -0.274 e. The normalized spacial score (nSPS) is 11.3. The molecule has 0 unspecified atom stereocenters. The van der Waals surface area contributed by atoms with Crippen LogP contribution in [0.3, 0.4) is 0 Å². The second kappa shape index (κ2) is 2.01. The maximum absolute atomic E-state index is 4.24. The van der Waals surface area contributed by atoms with Gasteiger partial charge in [-0.3, -0.25) is 4.40 Å². The molecule has 0 saturated carbocycles. The molecule has 3 rings (SSSR count). The van der Waals surface area contributed by atoms with E-state index < -0.39 is 0 Å². The lowest BCUT2D eigenvalue weighted by atomic mass is 10.3. The third-order valence-corrected chi connectivity index (χ3v) is 2.51. The van der Waals surface area contributed by atoms with Gasteiger partial charge in [-0.05, 0) is 0 Å². The fourth-order valence-corrected chi connectivity index (χ4v) is 1.87. The molecule has 0 atom stereocenters. The topological polar surface area (TPSA) is 43.1 Å². The van der Waals surface area contributed by atoms with Crippen molar-refractivity contribution in [3.05, 3.63) is 24.0 Å². The van der Waals surface area contributed by atoms with Crippen LogP contribution in [-0.4, -0.2) is 19.6 Å². The highest BCUT2D eigenvalue weighted by Crippen LogP contribution is 2.20. The standard InChI is InChI=1S/C7H4N4S/c1-2-12-7-8-3-5-4-9-10-6(5)11(1)7/h1-4H. The Labute approximate surface area is 71.9 Å². The van der Waals surface area contributed by atoms with Crippen molar-refractivity contribution >= 4 is 16.3 Å². The zero-order chi connectivity index (χ0) is 7.97. The Morgan fingerprint density at radius 3 is 3.33 bits per heavy atom. The van der Waals surface area contributed by atoms with Crippen LogP contribution in [0, 0.1) is 0 Å². The highest BCUT2D eigenvalue weighted by Gasteiger charge is 2.09. The van der Waals surface area contributed by atoms with Crippen molar-refractivity contribution in [2.24, 2.45) is 0 Å². The monoisotopic (exact) mass is 176 g/mol. The average Bonchev–Trinajstić information content (AvgIpc) is 2.71. The van der Waals surface area contributed by atoms with E-state index in [0.717, 1.165) is 16.3 Å². The lowest BCUT2D eigenvalue weighted by molar-refractivity contribution is 1.02. The van der Waals surface area contributed by atoms with E-state index >= 15 is 0 Å². The van der Waals surface area contributed by atoms with Gasteiger partial charge in [-0.25, -0.2) is 4.98 Å². The first-order valence-corrected chi connectivity index (χ1v) is 4.35. The van der Waals surface area contributed by atoms with Gasteiger partial charge in [0.15, 0.2) is 10.8 Å². The summed E-state index contributed by atoms with van der Waals surface area (Å²) >= 11 is 1.59. The van der Waals surface area contributed by atoms with E-state index in [1.165, 1.54) is 0 Å². The van der Waals surface area contributed by atoms with Gasteiger partial charge in [0, 0.05) is 17.8 Å². The van der Waals surface area contributed by atoms with Gasteiger partial charge in [0.1, 0.15) is 0 Å². The van der Waals surface area contributed by atoms with Crippen LogP contribution < -0.4 is 0 Å². The van der Waals surface area contributed by atoms with Crippen molar-refractivity contribution in [1.82, 2.24) is 19.6 Å². The number of nitrogens with zero attached hydrogens (tertiary/aromatic N) is 4. The van der Waals surface area contributed by atoms with Crippen LogP contribution >= 0.6 is 11.3 Å². The molecule has 58 valence electrons. The average molecular weight is 176 g/mol. The summed E-state index contributed by atoms with van der Waals surface area (Å²) in [6.07, 6.45) is 5.46. The molecule has 0 aliphatic carbocycles. The Bertz CT molecular complexity index is 497. The van der Waals surface area contributed by atoms with Gasteiger partial charge in [0.2, 0.25) is 0 Å². The van der Waals surface area contributed by atoms with E-state index in [1.54, 1.807) is 23.7 Å². The Morgan fingerprint density at radius 1 is 1.33 bits per heavy atom. The Kier molecular flexibility index (Phi) is 1.02. The van der Waals surface area contributed by atoms with E-state index in [9.17, 15) is 0 Å². The molecule has 2 aliphatic rings. The molecule has 3 heterocycles. The maximum atomic E-state index is 4.24. The van der Waals surface area contributed by atoms with E-state index in [-0.39, 0.29) is 0 Å². The molecule has 12 heavy (non-hydrogen) atoms. The first-order valence-electron chi connectivity index (χ1n) is 3.47.